The summed E-state index contributed by atoms with van der Waals surface area (Å²) in [5.74, 6) is -0.424. The summed E-state index contributed by atoms with van der Waals surface area (Å²) in [6, 6.07) is 5.79. The van der Waals surface area contributed by atoms with Gasteiger partial charge in [0.2, 0.25) is 10.0 Å². The number of sulfonamides is 1. The first-order chi connectivity index (χ1) is 9.77. The molecule has 1 aromatic carbocycles. The highest BCUT2D eigenvalue weighted by atomic mass is 32.2. The zero-order valence-corrected chi connectivity index (χ0v) is 12.5. The lowest BCUT2D eigenvalue weighted by molar-refractivity contribution is -0.385. The van der Waals surface area contributed by atoms with E-state index in [0.29, 0.717) is 6.42 Å². The Morgan fingerprint density at radius 3 is 2.57 bits per heavy atom. The van der Waals surface area contributed by atoms with Gasteiger partial charge >= 0.3 is 0 Å². The van der Waals surface area contributed by atoms with Crippen LogP contribution in [-0.4, -0.2) is 41.4 Å². The second-order valence-electron chi connectivity index (χ2n) is 5.38. The number of nitrogens with zero attached hydrogens (tertiary/aromatic N) is 2. The van der Waals surface area contributed by atoms with E-state index in [4.69, 9.17) is 0 Å². The summed E-state index contributed by atoms with van der Waals surface area (Å²) in [4.78, 5) is 10.3. The first-order valence-electron chi connectivity index (χ1n) is 6.70. The largest absolute Gasteiger partial charge is 0.387 e. The van der Waals surface area contributed by atoms with Crippen molar-refractivity contribution in [2.75, 3.05) is 13.1 Å². The SMILES string of the molecule is CCCC1(O)CN(S(=O)(=O)Cc2ccccc2[N+](=O)[O-])C1. The van der Waals surface area contributed by atoms with E-state index in [9.17, 15) is 23.6 Å². The Morgan fingerprint density at radius 2 is 2.00 bits per heavy atom. The van der Waals surface area contributed by atoms with E-state index in [0.717, 1.165) is 6.42 Å². The maximum atomic E-state index is 12.2. The van der Waals surface area contributed by atoms with Crippen LogP contribution in [0.5, 0.6) is 0 Å². The van der Waals surface area contributed by atoms with Crippen molar-refractivity contribution in [2.45, 2.75) is 31.1 Å². The van der Waals surface area contributed by atoms with E-state index in [-0.39, 0.29) is 24.3 Å². The molecule has 2 rings (SSSR count). The van der Waals surface area contributed by atoms with Crippen molar-refractivity contribution >= 4 is 15.7 Å². The molecule has 0 unspecified atom stereocenters. The van der Waals surface area contributed by atoms with Crippen LogP contribution < -0.4 is 0 Å². The van der Waals surface area contributed by atoms with Gasteiger partial charge in [-0.2, -0.15) is 4.31 Å². The van der Waals surface area contributed by atoms with Crippen molar-refractivity contribution in [1.29, 1.82) is 0 Å². The molecule has 1 aromatic rings. The van der Waals surface area contributed by atoms with Crippen LogP contribution in [0.4, 0.5) is 5.69 Å². The molecule has 1 aliphatic rings. The Kier molecular flexibility index (Phi) is 4.31. The van der Waals surface area contributed by atoms with Crippen molar-refractivity contribution in [3.05, 3.63) is 39.9 Å². The minimum absolute atomic E-state index is 0.0593. The summed E-state index contributed by atoms with van der Waals surface area (Å²) in [7, 11) is -3.65. The minimum atomic E-state index is -3.65. The van der Waals surface area contributed by atoms with Gasteiger partial charge in [-0.1, -0.05) is 31.5 Å². The van der Waals surface area contributed by atoms with E-state index < -0.39 is 26.3 Å². The van der Waals surface area contributed by atoms with Crippen LogP contribution in [0.1, 0.15) is 25.3 Å². The molecule has 1 heterocycles. The molecule has 7 nitrogen and oxygen atoms in total. The molecule has 1 saturated heterocycles. The third-order valence-corrected chi connectivity index (χ3v) is 5.30. The van der Waals surface area contributed by atoms with Gasteiger partial charge in [-0.3, -0.25) is 10.1 Å². The molecule has 0 aromatic heterocycles. The normalized spacial score (nSPS) is 18.2. The average molecular weight is 314 g/mol. The number of nitro benzene ring substituents is 1. The molecule has 0 saturated carbocycles. The number of β-amino-alcohol motifs (C(OH)–C–C–N with tert-alkyl or cyclic N) is 1. The number of hydrogen-bond donors (Lipinski definition) is 1. The van der Waals surface area contributed by atoms with E-state index >= 15 is 0 Å². The molecule has 0 amide bonds. The second-order valence-corrected chi connectivity index (χ2v) is 7.35. The molecule has 116 valence electrons. The number of para-hydroxylation sites is 1. The van der Waals surface area contributed by atoms with Gasteiger partial charge in [-0.25, -0.2) is 8.42 Å². The Bertz CT molecular complexity index is 638. The molecule has 1 N–H and O–H groups in total. The number of rotatable bonds is 6. The fourth-order valence-electron chi connectivity index (χ4n) is 2.53. The van der Waals surface area contributed by atoms with Crippen LogP contribution >= 0.6 is 0 Å². The van der Waals surface area contributed by atoms with Crippen LogP contribution in [0.2, 0.25) is 0 Å². The van der Waals surface area contributed by atoms with Crippen LogP contribution in [0.3, 0.4) is 0 Å². The smallest absolute Gasteiger partial charge is 0.273 e. The van der Waals surface area contributed by atoms with Crippen LogP contribution in [-0.2, 0) is 15.8 Å². The van der Waals surface area contributed by atoms with Crippen molar-refractivity contribution in [1.82, 2.24) is 4.31 Å². The number of aliphatic hydroxyl groups is 1. The highest BCUT2D eigenvalue weighted by molar-refractivity contribution is 7.88. The Morgan fingerprint density at radius 1 is 1.38 bits per heavy atom. The molecule has 0 radical (unpaired) electrons. The van der Waals surface area contributed by atoms with Crippen LogP contribution in [0.25, 0.3) is 0 Å². The number of nitro groups is 1. The van der Waals surface area contributed by atoms with Crippen LogP contribution in [0, 0.1) is 10.1 Å². The zero-order valence-electron chi connectivity index (χ0n) is 11.7. The summed E-state index contributed by atoms with van der Waals surface area (Å²) in [6.45, 7) is 2.04. The molecule has 0 atom stereocenters. The summed E-state index contributed by atoms with van der Waals surface area (Å²) >= 11 is 0. The maximum absolute atomic E-state index is 12.2. The van der Waals surface area contributed by atoms with Crippen molar-refractivity contribution < 1.29 is 18.4 Å². The highest BCUT2D eigenvalue weighted by Gasteiger charge is 2.46. The van der Waals surface area contributed by atoms with Gasteiger partial charge in [0.1, 0.15) is 0 Å². The van der Waals surface area contributed by atoms with E-state index in [1.54, 1.807) is 6.07 Å². The summed E-state index contributed by atoms with van der Waals surface area (Å²) < 4.78 is 25.7. The van der Waals surface area contributed by atoms with Gasteiger partial charge < -0.3 is 5.11 Å². The number of hydrogen-bond acceptors (Lipinski definition) is 5. The second kappa shape index (κ2) is 5.70. The van der Waals surface area contributed by atoms with E-state index in [1.807, 2.05) is 6.92 Å². The van der Waals surface area contributed by atoms with Gasteiger partial charge in [0.15, 0.2) is 0 Å². The fraction of sp³-hybridized carbons (Fsp3) is 0.538. The zero-order chi connectivity index (χ0) is 15.7. The average Bonchev–Trinajstić information content (AvgIpc) is 2.36. The Balaban J connectivity index is 2.12. The first kappa shape index (κ1) is 15.9. The molecule has 1 fully saturated rings. The van der Waals surface area contributed by atoms with Gasteiger partial charge in [0.25, 0.3) is 5.69 Å². The monoisotopic (exact) mass is 314 g/mol. The highest BCUT2D eigenvalue weighted by Crippen LogP contribution is 2.30. The molecule has 1 aliphatic heterocycles. The lowest BCUT2D eigenvalue weighted by Crippen LogP contribution is -2.63. The Labute approximate surface area is 123 Å². The van der Waals surface area contributed by atoms with Crippen molar-refractivity contribution in [2.24, 2.45) is 0 Å². The van der Waals surface area contributed by atoms with Crippen molar-refractivity contribution in [3.8, 4) is 0 Å². The molecule has 21 heavy (non-hydrogen) atoms. The standard InChI is InChI=1S/C13H18N2O5S/c1-2-7-13(16)9-14(10-13)21(19,20)8-11-5-3-4-6-12(11)15(17)18/h3-6,16H,2,7-10H2,1H3. The Hall–Kier alpha value is -1.51. The first-order valence-corrected chi connectivity index (χ1v) is 8.31. The predicted molar refractivity (Wildman–Crippen MR) is 77.2 cm³/mol. The molecule has 0 bridgehead atoms. The summed E-state index contributed by atoms with van der Waals surface area (Å²) in [5, 5.41) is 20.9. The van der Waals surface area contributed by atoms with Crippen molar-refractivity contribution in [3.63, 3.8) is 0 Å². The van der Waals surface area contributed by atoms with Gasteiger partial charge in [-0.15, -0.1) is 0 Å². The minimum Gasteiger partial charge on any atom is -0.387 e. The quantitative estimate of drug-likeness (QED) is 0.629. The van der Waals surface area contributed by atoms with Gasteiger partial charge in [-0.05, 0) is 6.42 Å². The molecule has 0 aliphatic carbocycles. The number of benzene rings is 1. The third-order valence-electron chi connectivity index (χ3n) is 3.58. The van der Waals surface area contributed by atoms with Gasteiger partial charge in [0.05, 0.1) is 16.3 Å². The predicted octanol–water partition coefficient (Wildman–Crippen LogP) is 1.27. The summed E-state index contributed by atoms with van der Waals surface area (Å²) in [6.07, 6.45) is 1.32. The lowest BCUT2D eigenvalue weighted by Gasteiger charge is -2.45. The van der Waals surface area contributed by atoms with E-state index in [2.05, 4.69) is 0 Å². The molecule has 8 heteroatoms. The topological polar surface area (TPSA) is 101 Å². The van der Waals surface area contributed by atoms with Crippen LogP contribution in [0.15, 0.2) is 24.3 Å². The van der Waals surface area contributed by atoms with E-state index in [1.165, 1.54) is 22.5 Å². The molecular formula is C13H18N2O5S. The third kappa shape index (κ3) is 3.39. The fourth-order valence-corrected chi connectivity index (χ4v) is 4.22. The molecular weight excluding hydrogens is 296 g/mol. The lowest BCUT2D eigenvalue weighted by atomic mass is 9.92. The summed E-state index contributed by atoms with van der Waals surface area (Å²) in [5.41, 5.74) is -0.997. The maximum Gasteiger partial charge on any atom is 0.273 e. The molecule has 0 spiro atoms. The van der Waals surface area contributed by atoms with Gasteiger partial charge in [0, 0.05) is 24.7 Å².